The summed E-state index contributed by atoms with van der Waals surface area (Å²) in [4.78, 5) is 11.7. The second kappa shape index (κ2) is 6.39. The van der Waals surface area contributed by atoms with Crippen LogP contribution in [0.15, 0.2) is 42.5 Å². The van der Waals surface area contributed by atoms with Gasteiger partial charge >= 0.3 is 5.97 Å². The van der Waals surface area contributed by atoms with E-state index in [4.69, 9.17) is 22.1 Å². The van der Waals surface area contributed by atoms with Crippen molar-refractivity contribution in [2.75, 3.05) is 5.73 Å². The normalized spacial score (nSPS) is 10.3. The third-order valence-corrected chi connectivity index (χ3v) is 3.12. The van der Waals surface area contributed by atoms with Gasteiger partial charge in [0, 0.05) is 11.3 Å². The lowest BCUT2D eigenvalue weighted by Crippen LogP contribution is -2.09. The van der Waals surface area contributed by atoms with Crippen LogP contribution in [0.5, 0.6) is 0 Å². The molecule has 0 aliphatic rings. The predicted molar refractivity (Wildman–Crippen MR) is 75.8 cm³/mol. The molecule has 0 aromatic heterocycles. The minimum Gasteiger partial charge on any atom is -0.460 e. The minimum atomic E-state index is -0.488. The van der Waals surface area contributed by atoms with Gasteiger partial charge < -0.3 is 10.5 Å². The molecule has 3 nitrogen and oxygen atoms in total. The van der Waals surface area contributed by atoms with Crippen LogP contribution in [0.3, 0.4) is 0 Å². The van der Waals surface area contributed by atoms with Crippen LogP contribution in [0, 0.1) is 5.82 Å². The van der Waals surface area contributed by atoms with E-state index >= 15 is 0 Å². The topological polar surface area (TPSA) is 52.3 Å². The Morgan fingerprint density at radius 1 is 1.20 bits per heavy atom. The molecule has 0 atom stereocenters. The Morgan fingerprint density at radius 2 is 1.90 bits per heavy atom. The van der Waals surface area contributed by atoms with Gasteiger partial charge in [-0.05, 0) is 29.8 Å². The van der Waals surface area contributed by atoms with Crippen molar-refractivity contribution in [3.63, 3.8) is 0 Å². The molecule has 0 fully saturated rings. The van der Waals surface area contributed by atoms with Crippen LogP contribution < -0.4 is 5.73 Å². The lowest BCUT2D eigenvalue weighted by molar-refractivity contribution is -0.144. The molecule has 104 valence electrons. The lowest BCUT2D eigenvalue weighted by atomic mass is 10.1. The number of hydrogen-bond donors (Lipinski definition) is 1. The van der Waals surface area contributed by atoms with Crippen molar-refractivity contribution in [3.8, 4) is 0 Å². The molecule has 0 unspecified atom stereocenters. The van der Waals surface area contributed by atoms with Crippen LogP contribution in [0.2, 0.25) is 5.02 Å². The minimum absolute atomic E-state index is 0.104. The van der Waals surface area contributed by atoms with Crippen molar-refractivity contribution in [1.82, 2.24) is 0 Å². The first kappa shape index (κ1) is 14.3. The summed E-state index contributed by atoms with van der Waals surface area (Å²) in [5.74, 6) is -0.938. The van der Waals surface area contributed by atoms with Crippen LogP contribution in [0.1, 0.15) is 11.1 Å². The maximum atomic E-state index is 13.5. The van der Waals surface area contributed by atoms with Crippen LogP contribution in [0.25, 0.3) is 0 Å². The maximum Gasteiger partial charge on any atom is 0.310 e. The SMILES string of the molecule is Nc1ccc(CC(=O)OCc2c(F)cccc2Cl)cc1. The first-order valence-electron chi connectivity index (χ1n) is 5.99. The summed E-state index contributed by atoms with van der Waals surface area (Å²) in [5, 5.41) is 0.241. The fourth-order valence-corrected chi connectivity index (χ4v) is 1.89. The molecule has 2 N–H and O–H groups in total. The summed E-state index contributed by atoms with van der Waals surface area (Å²) in [6.45, 7) is -0.181. The number of benzene rings is 2. The van der Waals surface area contributed by atoms with Crippen LogP contribution in [-0.4, -0.2) is 5.97 Å². The van der Waals surface area contributed by atoms with Gasteiger partial charge in [0.15, 0.2) is 0 Å². The van der Waals surface area contributed by atoms with E-state index in [0.29, 0.717) is 5.69 Å². The quantitative estimate of drug-likeness (QED) is 0.695. The highest BCUT2D eigenvalue weighted by Crippen LogP contribution is 2.20. The van der Waals surface area contributed by atoms with Crippen molar-refractivity contribution in [3.05, 3.63) is 64.4 Å². The third-order valence-electron chi connectivity index (χ3n) is 2.77. The summed E-state index contributed by atoms with van der Waals surface area (Å²) in [5.41, 5.74) is 7.14. The molecule has 20 heavy (non-hydrogen) atoms. The molecule has 5 heteroatoms. The van der Waals surface area contributed by atoms with Gasteiger partial charge in [0.1, 0.15) is 12.4 Å². The number of nitrogens with two attached hydrogens (primary N) is 1. The van der Waals surface area contributed by atoms with Gasteiger partial charge in [-0.15, -0.1) is 0 Å². The van der Waals surface area contributed by atoms with E-state index in [2.05, 4.69) is 0 Å². The van der Waals surface area contributed by atoms with E-state index in [1.807, 2.05) is 0 Å². The number of ether oxygens (including phenoxy) is 1. The lowest BCUT2D eigenvalue weighted by Gasteiger charge is -2.07. The first-order valence-corrected chi connectivity index (χ1v) is 6.37. The number of carbonyl (C=O) groups excluding carboxylic acids is 1. The average molecular weight is 294 g/mol. The monoisotopic (exact) mass is 293 g/mol. The summed E-state index contributed by atoms with van der Waals surface area (Å²) in [7, 11) is 0. The molecule has 0 heterocycles. The third kappa shape index (κ3) is 3.71. The maximum absolute atomic E-state index is 13.5. The zero-order valence-electron chi connectivity index (χ0n) is 10.6. The summed E-state index contributed by atoms with van der Waals surface area (Å²) in [6.07, 6.45) is 0.104. The molecular formula is C15H13ClFNO2. The zero-order chi connectivity index (χ0) is 14.5. The van der Waals surface area contributed by atoms with E-state index in [1.54, 1.807) is 30.3 Å². The standard InChI is InChI=1S/C15H13ClFNO2/c16-13-2-1-3-14(17)12(13)9-20-15(19)8-10-4-6-11(18)7-5-10/h1-7H,8-9,18H2. The molecule has 0 spiro atoms. The molecule has 2 aromatic rings. The molecule has 0 saturated carbocycles. The fraction of sp³-hybridized carbons (Fsp3) is 0.133. The number of nitrogen functional groups attached to an aromatic ring is 1. The average Bonchev–Trinajstić information content (AvgIpc) is 2.41. The molecule has 0 saturated heterocycles. The Balaban J connectivity index is 1.94. The smallest absolute Gasteiger partial charge is 0.310 e. The van der Waals surface area contributed by atoms with E-state index in [9.17, 15) is 9.18 Å². The second-order valence-electron chi connectivity index (χ2n) is 4.28. The van der Waals surface area contributed by atoms with Gasteiger partial charge in [0.05, 0.1) is 11.4 Å². The molecule has 2 aromatic carbocycles. The van der Waals surface area contributed by atoms with E-state index in [-0.39, 0.29) is 23.6 Å². The predicted octanol–water partition coefficient (Wildman–Crippen LogP) is 3.35. The molecule has 0 radical (unpaired) electrons. The van der Waals surface area contributed by atoms with E-state index in [1.165, 1.54) is 12.1 Å². The Labute approximate surface area is 121 Å². The Hall–Kier alpha value is -2.07. The fourth-order valence-electron chi connectivity index (χ4n) is 1.68. The van der Waals surface area contributed by atoms with Gasteiger partial charge in [-0.1, -0.05) is 29.8 Å². The van der Waals surface area contributed by atoms with Crippen molar-refractivity contribution in [2.45, 2.75) is 13.0 Å². The van der Waals surface area contributed by atoms with E-state index in [0.717, 1.165) is 5.56 Å². The first-order chi connectivity index (χ1) is 9.56. The van der Waals surface area contributed by atoms with Gasteiger partial charge in [0.2, 0.25) is 0 Å². The molecule has 0 bridgehead atoms. The zero-order valence-corrected chi connectivity index (χ0v) is 11.4. The van der Waals surface area contributed by atoms with Gasteiger partial charge in [-0.25, -0.2) is 4.39 Å². The Kier molecular flexibility index (Phi) is 4.58. The van der Waals surface area contributed by atoms with E-state index < -0.39 is 11.8 Å². The van der Waals surface area contributed by atoms with Crippen LogP contribution in [-0.2, 0) is 22.6 Å². The van der Waals surface area contributed by atoms with Gasteiger partial charge in [-0.2, -0.15) is 0 Å². The van der Waals surface area contributed by atoms with Crippen LogP contribution in [0.4, 0.5) is 10.1 Å². The number of hydrogen-bond acceptors (Lipinski definition) is 3. The van der Waals surface area contributed by atoms with Crippen molar-refractivity contribution in [1.29, 1.82) is 0 Å². The Morgan fingerprint density at radius 3 is 2.55 bits per heavy atom. The highest BCUT2D eigenvalue weighted by molar-refractivity contribution is 6.31. The van der Waals surface area contributed by atoms with Crippen molar-refractivity contribution < 1.29 is 13.9 Å². The number of halogens is 2. The highest BCUT2D eigenvalue weighted by Gasteiger charge is 2.10. The number of rotatable bonds is 4. The molecule has 0 aliphatic carbocycles. The Bertz CT molecular complexity index is 594. The summed E-state index contributed by atoms with van der Waals surface area (Å²) < 4.78 is 18.5. The summed E-state index contributed by atoms with van der Waals surface area (Å²) >= 11 is 5.85. The van der Waals surface area contributed by atoms with Crippen LogP contribution >= 0.6 is 11.6 Å². The molecule has 0 aliphatic heterocycles. The molecule has 0 amide bonds. The number of anilines is 1. The number of esters is 1. The summed E-state index contributed by atoms with van der Waals surface area (Å²) in [6, 6.07) is 11.2. The number of carbonyl (C=O) groups is 1. The highest BCUT2D eigenvalue weighted by atomic mass is 35.5. The second-order valence-corrected chi connectivity index (χ2v) is 4.69. The molecular weight excluding hydrogens is 281 g/mol. The molecule has 2 rings (SSSR count). The van der Waals surface area contributed by atoms with Gasteiger partial charge in [0.25, 0.3) is 0 Å². The largest absolute Gasteiger partial charge is 0.460 e. The van der Waals surface area contributed by atoms with Crippen molar-refractivity contribution in [2.24, 2.45) is 0 Å². The van der Waals surface area contributed by atoms with Crippen molar-refractivity contribution >= 4 is 23.3 Å². The van der Waals surface area contributed by atoms with Gasteiger partial charge in [-0.3, -0.25) is 4.79 Å².